The molecule has 1 rings (SSSR count). The molecule has 0 aromatic carbocycles. The molecule has 0 bridgehead atoms. The molecule has 0 saturated carbocycles. The maximum Gasteiger partial charge on any atom is 0.159 e. The van der Waals surface area contributed by atoms with Crippen molar-refractivity contribution < 1.29 is 14.6 Å². The highest BCUT2D eigenvalue weighted by Gasteiger charge is 2.15. The van der Waals surface area contributed by atoms with Crippen molar-refractivity contribution in [1.29, 1.82) is 0 Å². The Labute approximate surface area is 79.0 Å². The average Bonchev–Trinajstić information content (AvgIpc) is 2.16. The highest BCUT2D eigenvalue weighted by atomic mass is 16.7. The van der Waals surface area contributed by atoms with Crippen molar-refractivity contribution in [3.63, 3.8) is 0 Å². The Kier molecular flexibility index (Phi) is 4.84. The van der Waals surface area contributed by atoms with E-state index in [2.05, 4.69) is 11.8 Å². The molecule has 3 heteroatoms. The van der Waals surface area contributed by atoms with Crippen molar-refractivity contribution in [2.24, 2.45) is 0 Å². The van der Waals surface area contributed by atoms with Crippen molar-refractivity contribution in [2.75, 3.05) is 13.2 Å². The highest BCUT2D eigenvalue weighted by Crippen LogP contribution is 2.14. The fourth-order valence-electron chi connectivity index (χ4n) is 1.27. The summed E-state index contributed by atoms with van der Waals surface area (Å²) in [5, 5.41) is 8.46. The van der Waals surface area contributed by atoms with Gasteiger partial charge in [0.05, 0.1) is 0 Å². The number of hydrogen-bond donors (Lipinski definition) is 1. The first kappa shape index (κ1) is 10.5. The third kappa shape index (κ3) is 4.28. The molecule has 1 saturated heterocycles. The van der Waals surface area contributed by atoms with Gasteiger partial charge in [-0.05, 0) is 26.2 Å². The minimum absolute atomic E-state index is 0.100. The van der Waals surface area contributed by atoms with Gasteiger partial charge < -0.3 is 14.6 Å². The van der Waals surface area contributed by atoms with Crippen LogP contribution in [0.4, 0.5) is 0 Å². The van der Waals surface area contributed by atoms with Crippen LogP contribution in [-0.2, 0) is 9.47 Å². The average molecular weight is 184 g/mol. The molecule has 1 aliphatic rings. The lowest BCUT2D eigenvalue weighted by molar-refractivity contribution is -0.173. The van der Waals surface area contributed by atoms with Gasteiger partial charge in [-0.15, -0.1) is 0 Å². The van der Waals surface area contributed by atoms with Crippen LogP contribution in [0.3, 0.4) is 0 Å². The van der Waals surface area contributed by atoms with Crippen LogP contribution >= 0.6 is 0 Å². The zero-order valence-electron chi connectivity index (χ0n) is 7.95. The van der Waals surface area contributed by atoms with E-state index in [1.807, 2.05) is 6.92 Å². The van der Waals surface area contributed by atoms with Crippen LogP contribution < -0.4 is 0 Å². The van der Waals surface area contributed by atoms with E-state index in [-0.39, 0.29) is 19.0 Å². The molecule has 0 spiro atoms. The van der Waals surface area contributed by atoms with E-state index >= 15 is 0 Å². The predicted molar refractivity (Wildman–Crippen MR) is 49.0 cm³/mol. The van der Waals surface area contributed by atoms with Crippen LogP contribution in [0.1, 0.15) is 26.2 Å². The second kappa shape index (κ2) is 5.98. The van der Waals surface area contributed by atoms with Crippen molar-refractivity contribution in [1.82, 2.24) is 0 Å². The van der Waals surface area contributed by atoms with Crippen molar-refractivity contribution in [3.05, 3.63) is 0 Å². The van der Waals surface area contributed by atoms with Gasteiger partial charge in [0.2, 0.25) is 0 Å². The van der Waals surface area contributed by atoms with Crippen LogP contribution in [0.2, 0.25) is 0 Å². The van der Waals surface area contributed by atoms with Crippen LogP contribution in [0.15, 0.2) is 0 Å². The number of ether oxygens (including phenoxy) is 2. The van der Waals surface area contributed by atoms with E-state index in [1.165, 1.54) is 0 Å². The third-order valence-corrected chi connectivity index (χ3v) is 1.88. The summed E-state index contributed by atoms with van der Waals surface area (Å²) >= 11 is 0. The van der Waals surface area contributed by atoms with Gasteiger partial charge in [-0.3, -0.25) is 0 Å². The Bertz CT molecular complexity index is 186. The molecule has 0 aromatic rings. The van der Waals surface area contributed by atoms with Crippen molar-refractivity contribution >= 4 is 0 Å². The molecule has 13 heavy (non-hydrogen) atoms. The molecule has 3 nitrogen and oxygen atoms in total. The molecule has 2 atom stereocenters. The summed E-state index contributed by atoms with van der Waals surface area (Å²) in [6.07, 6.45) is 2.97. The molecule has 2 unspecified atom stereocenters. The summed E-state index contributed by atoms with van der Waals surface area (Å²) in [6, 6.07) is 0. The number of hydrogen-bond acceptors (Lipinski definition) is 3. The van der Waals surface area contributed by atoms with Gasteiger partial charge >= 0.3 is 0 Å². The normalized spacial score (nSPS) is 24.6. The van der Waals surface area contributed by atoms with Gasteiger partial charge in [-0.2, -0.15) is 0 Å². The maximum absolute atomic E-state index is 8.46. The van der Waals surface area contributed by atoms with Gasteiger partial charge in [-0.25, -0.2) is 0 Å². The van der Waals surface area contributed by atoms with E-state index in [1.54, 1.807) is 0 Å². The van der Waals surface area contributed by atoms with Gasteiger partial charge in [-0.1, -0.05) is 11.8 Å². The van der Waals surface area contributed by atoms with Crippen LogP contribution in [-0.4, -0.2) is 30.7 Å². The molecule has 1 heterocycles. The Morgan fingerprint density at radius 2 is 2.46 bits per heavy atom. The van der Waals surface area contributed by atoms with E-state index in [4.69, 9.17) is 14.6 Å². The monoisotopic (exact) mass is 184 g/mol. The molecule has 1 aliphatic heterocycles. The standard InChI is InChI=1S/C10H16O3/c1-9(5-4-7-11)13-10-6-2-3-8-12-10/h9-11H,2-3,6-8H2,1H3. The fourth-order valence-corrected chi connectivity index (χ4v) is 1.27. The number of aliphatic hydroxyl groups is 1. The van der Waals surface area contributed by atoms with E-state index < -0.39 is 0 Å². The lowest BCUT2D eigenvalue weighted by Gasteiger charge is -2.23. The van der Waals surface area contributed by atoms with Gasteiger partial charge in [0.25, 0.3) is 0 Å². The Morgan fingerprint density at radius 1 is 1.62 bits per heavy atom. The number of rotatable bonds is 2. The maximum atomic E-state index is 8.46. The third-order valence-electron chi connectivity index (χ3n) is 1.88. The second-order valence-electron chi connectivity index (χ2n) is 3.05. The van der Waals surface area contributed by atoms with Crippen molar-refractivity contribution in [3.8, 4) is 11.8 Å². The van der Waals surface area contributed by atoms with Crippen LogP contribution in [0.5, 0.6) is 0 Å². The van der Waals surface area contributed by atoms with Gasteiger partial charge in [0.15, 0.2) is 6.29 Å². The molecule has 74 valence electrons. The topological polar surface area (TPSA) is 38.7 Å². The van der Waals surface area contributed by atoms with E-state index in [9.17, 15) is 0 Å². The quantitative estimate of drug-likeness (QED) is 0.648. The highest BCUT2D eigenvalue weighted by molar-refractivity contribution is 5.03. The van der Waals surface area contributed by atoms with Gasteiger partial charge in [0.1, 0.15) is 12.7 Å². The minimum Gasteiger partial charge on any atom is -0.384 e. The Morgan fingerprint density at radius 3 is 3.08 bits per heavy atom. The summed E-state index contributed by atoms with van der Waals surface area (Å²) in [4.78, 5) is 0. The molecule has 0 amide bonds. The molecule has 1 fully saturated rings. The summed E-state index contributed by atoms with van der Waals surface area (Å²) in [6.45, 7) is 2.53. The molecule has 0 aliphatic carbocycles. The first-order chi connectivity index (χ1) is 6.33. The molecule has 1 N–H and O–H groups in total. The zero-order valence-corrected chi connectivity index (χ0v) is 7.95. The van der Waals surface area contributed by atoms with E-state index in [0.717, 1.165) is 25.9 Å². The lowest BCUT2D eigenvalue weighted by Crippen LogP contribution is -2.25. The summed E-state index contributed by atoms with van der Waals surface area (Å²) in [5.41, 5.74) is 0. The first-order valence-corrected chi connectivity index (χ1v) is 4.69. The minimum atomic E-state index is -0.157. The van der Waals surface area contributed by atoms with E-state index in [0.29, 0.717) is 0 Å². The first-order valence-electron chi connectivity index (χ1n) is 4.69. The summed E-state index contributed by atoms with van der Waals surface area (Å²) in [5.74, 6) is 5.34. The van der Waals surface area contributed by atoms with Crippen LogP contribution in [0, 0.1) is 11.8 Å². The second-order valence-corrected chi connectivity index (χ2v) is 3.05. The predicted octanol–water partition coefficient (Wildman–Crippen LogP) is 0.914. The van der Waals surface area contributed by atoms with Crippen LogP contribution in [0.25, 0.3) is 0 Å². The summed E-state index contributed by atoms with van der Waals surface area (Å²) in [7, 11) is 0. The number of aliphatic hydroxyl groups excluding tert-OH is 1. The van der Waals surface area contributed by atoms with Crippen molar-refractivity contribution in [2.45, 2.75) is 38.6 Å². The smallest absolute Gasteiger partial charge is 0.159 e. The molecule has 0 aromatic heterocycles. The lowest BCUT2D eigenvalue weighted by atomic mass is 10.2. The molecular weight excluding hydrogens is 168 g/mol. The fraction of sp³-hybridized carbons (Fsp3) is 0.800. The zero-order chi connectivity index (χ0) is 9.52. The molecule has 0 radical (unpaired) electrons. The largest absolute Gasteiger partial charge is 0.384 e. The molecular formula is C10H16O3. The Hall–Kier alpha value is -0.560. The Balaban J connectivity index is 2.21. The summed E-state index contributed by atoms with van der Waals surface area (Å²) < 4.78 is 10.9. The van der Waals surface area contributed by atoms with Gasteiger partial charge in [0, 0.05) is 6.61 Å². The SMILES string of the molecule is CC(C#CCO)OC1CCCCO1.